The Bertz CT molecular complexity index is 772. The van der Waals surface area contributed by atoms with E-state index in [4.69, 9.17) is 18.0 Å². The topological polar surface area (TPSA) is 76.3 Å². The molecule has 2 amide bonds. The normalized spacial score (nSPS) is 13.5. The molecule has 0 spiro atoms. The summed E-state index contributed by atoms with van der Waals surface area (Å²) in [4.78, 5) is 30.0. The van der Waals surface area contributed by atoms with E-state index in [2.05, 4.69) is 20.9 Å². The first-order valence-corrected chi connectivity index (χ1v) is 7.14. The van der Waals surface area contributed by atoms with Crippen molar-refractivity contribution in [3.63, 3.8) is 0 Å². The molecule has 0 radical (unpaired) electrons. The van der Waals surface area contributed by atoms with Gasteiger partial charge in [0.15, 0.2) is 0 Å². The molecule has 21 heavy (non-hydrogen) atoms. The van der Waals surface area contributed by atoms with Gasteiger partial charge in [0, 0.05) is 16.2 Å². The highest BCUT2D eigenvalue weighted by Gasteiger charge is 2.38. The number of nitrogens with zero attached hydrogens (tertiary/aromatic N) is 2. The van der Waals surface area contributed by atoms with E-state index in [0.29, 0.717) is 21.3 Å². The Kier molecular flexibility index (Phi) is 3.30. The highest BCUT2D eigenvalue weighted by molar-refractivity contribution is 9.10. The van der Waals surface area contributed by atoms with Gasteiger partial charge in [-0.25, -0.2) is 4.90 Å². The lowest BCUT2D eigenvalue weighted by Gasteiger charge is -2.16. The Balaban J connectivity index is 2.09. The second kappa shape index (κ2) is 5.01. The molecule has 7 heteroatoms. The van der Waals surface area contributed by atoms with Gasteiger partial charge in [0.05, 0.1) is 11.3 Å². The molecule has 0 aliphatic carbocycles. The average Bonchev–Trinajstić information content (AvgIpc) is 2.72. The highest BCUT2D eigenvalue weighted by atomic mass is 79.9. The summed E-state index contributed by atoms with van der Waals surface area (Å²) in [7, 11) is 0. The van der Waals surface area contributed by atoms with Crippen molar-refractivity contribution in [2.75, 3.05) is 4.90 Å². The zero-order chi connectivity index (χ0) is 15.1. The number of amides is 2. The van der Waals surface area contributed by atoms with E-state index in [-0.39, 0.29) is 10.7 Å². The van der Waals surface area contributed by atoms with Crippen LogP contribution in [0.25, 0.3) is 0 Å². The molecule has 0 fully saturated rings. The van der Waals surface area contributed by atoms with E-state index < -0.39 is 11.8 Å². The lowest BCUT2D eigenvalue weighted by atomic mass is 10.2. The number of fused-ring (bicyclic) bond motifs is 1. The van der Waals surface area contributed by atoms with Gasteiger partial charge in [0.25, 0.3) is 11.8 Å². The zero-order valence-corrected chi connectivity index (χ0v) is 12.9. The molecule has 1 aromatic carbocycles. The van der Waals surface area contributed by atoms with E-state index in [9.17, 15) is 9.59 Å². The van der Waals surface area contributed by atoms with E-state index >= 15 is 0 Å². The fraction of sp³-hybridized carbons (Fsp3) is 0. The van der Waals surface area contributed by atoms with E-state index in [1.54, 1.807) is 30.3 Å². The monoisotopic (exact) mass is 361 g/mol. The van der Waals surface area contributed by atoms with Crippen molar-refractivity contribution in [3.8, 4) is 0 Å². The van der Waals surface area contributed by atoms with Gasteiger partial charge in [-0.05, 0) is 46.3 Å². The molecule has 3 rings (SSSR count). The Hall–Kier alpha value is -2.12. The first-order chi connectivity index (χ1) is 10.0. The van der Waals surface area contributed by atoms with Gasteiger partial charge < -0.3 is 5.73 Å². The number of pyridine rings is 1. The molecule has 1 aliphatic heterocycles. The van der Waals surface area contributed by atoms with Crippen molar-refractivity contribution in [3.05, 3.63) is 57.8 Å². The average molecular weight is 362 g/mol. The van der Waals surface area contributed by atoms with Gasteiger partial charge >= 0.3 is 0 Å². The quantitative estimate of drug-likeness (QED) is 0.655. The number of carbonyl (C=O) groups excluding carboxylic acids is 2. The Morgan fingerprint density at radius 1 is 1.24 bits per heavy atom. The number of halogens is 1. The van der Waals surface area contributed by atoms with Crippen LogP contribution in [0.5, 0.6) is 0 Å². The van der Waals surface area contributed by atoms with Crippen LogP contribution in [0.2, 0.25) is 0 Å². The first-order valence-electron chi connectivity index (χ1n) is 5.94. The number of hydrogen-bond donors (Lipinski definition) is 1. The van der Waals surface area contributed by atoms with E-state index in [0.717, 1.165) is 4.90 Å². The number of hydrogen-bond acceptors (Lipinski definition) is 4. The molecule has 1 aliphatic rings. The number of aromatic nitrogens is 1. The van der Waals surface area contributed by atoms with Crippen LogP contribution in [0, 0.1) is 0 Å². The number of rotatable bonds is 2. The second-order valence-electron chi connectivity index (χ2n) is 4.38. The third-order valence-electron chi connectivity index (χ3n) is 3.12. The molecular formula is C14H8BrN3O2S. The number of imide groups is 1. The van der Waals surface area contributed by atoms with Crippen LogP contribution < -0.4 is 10.6 Å². The molecule has 0 atom stereocenters. The van der Waals surface area contributed by atoms with Crippen molar-refractivity contribution in [1.82, 2.24) is 4.98 Å². The Labute approximate surface area is 133 Å². The van der Waals surface area contributed by atoms with Crippen molar-refractivity contribution in [1.29, 1.82) is 0 Å². The molecule has 0 unspecified atom stereocenters. The minimum Gasteiger partial charge on any atom is -0.389 e. The Morgan fingerprint density at radius 3 is 2.62 bits per heavy atom. The van der Waals surface area contributed by atoms with Gasteiger partial charge in [-0.1, -0.05) is 12.2 Å². The fourth-order valence-electron chi connectivity index (χ4n) is 2.13. The van der Waals surface area contributed by atoms with Crippen molar-refractivity contribution >= 4 is 50.6 Å². The van der Waals surface area contributed by atoms with Crippen LogP contribution in [0.4, 0.5) is 5.69 Å². The van der Waals surface area contributed by atoms with Crippen LogP contribution in [0.1, 0.15) is 26.4 Å². The molecular weight excluding hydrogens is 354 g/mol. The van der Waals surface area contributed by atoms with Gasteiger partial charge in [-0.3, -0.25) is 14.6 Å². The molecule has 0 saturated carbocycles. The molecule has 0 saturated heterocycles. The van der Waals surface area contributed by atoms with Crippen molar-refractivity contribution in [2.45, 2.75) is 0 Å². The van der Waals surface area contributed by atoms with E-state index in [1.807, 2.05) is 0 Å². The molecule has 0 bridgehead atoms. The summed E-state index contributed by atoms with van der Waals surface area (Å²) in [6.07, 6.45) is 1.48. The maximum Gasteiger partial charge on any atom is 0.284 e. The predicted molar refractivity (Wildman–Crippen MR) is 85.4 cm³/mol. The number of carbonyl (C=O) groups is 2. The lowest BCUT2D eigenvalue weighted by Crippen LogP contribution is -2.30. The minimum atomic E-state index is -0.445. The molecule has 2 N–H and O–H groups in total. The maximum absolute atomic E-state index is 12.4. The lowest BCUT2D eigenvalue weighted by molar-refractivity contribution is 0.0924. The van der Waals surface area contributed by atoms with Crippen molar-refractivity contribution in [2.24, 2.45) is 5.73 Å². The predicted octanol–water partition coefficient (Wildman–Crippen LogP) is 2.28. The fourth-order valence-corrected chi connectivity index (χ4v) is 2.81. The summed E-state index contributed by atoms with van der Waals surface area (Å²) < 4.78 is 0.558. The van der Waals surface area contributed by atoms with Crippen LogP contribution in [0.15, 0.2) is 41.0 Å². The van der Waals surface area contributed by atoms with Crippen LogP contribution in [-0.4, -0.2) is 21.8 Å². The van der Waals surface area contributed by atoms with E-state index in [1.165, 1.54) is 6.20 Å². The second-order valence-corrected chi connectivity index (χ2v) is 5.67. The van der Waals surface area contributed by atoms with Gasteiger partial charge in [-0.2, -0.15) is 0 Å². The third kappa shape index (κ3) is 2.14. The summed E-state index contributed by atoms with van der Waals surface area (Å²) in [6.45, 7) is 0. The minimum absolute atomic E-state index is 0.160. The summed E-state index contributed by atoms with van der Waals surface area (Å²) in [5.41, 5.74) is 7.10. The highest BCUT2D eigenvalue weighted by Crippen LogP contribution is 2.33. The maximum atomic E-state index is 12.4. The molecule has 2 aromatic rings. The summed E-state index contributed by atoms with van der Waals surface area (Å²) in [5, 5.41) is 0. The smallest absolute Gasteiger partial charge is 0.284 e. The van der Waals surface area contributed by atoms with Gasteiger partial charge in [-0.15, -0.1) is 0 Å². The number of benzene rings is 1. The number of anilines is 1. The SMILES string of the molecule is NC(=S)c1ccc(N2C(=O)c3cccnc3C2=O)c(Br)c1. The summed E-state index contributed by atoms with van der Waals surface area (Å²) in [5.74, 6) is -0.841. The van der Waals surface area contributed by atoms with Crippen LogP contribution in [-0.2, 0) is 0 Å². The van der Waals surface area contributed by atoms with Gasteiger partial charge in [0.1, 0.15) is 10.7 Å². The van der Waals surface area contributed by atoms with Gasteiger partial charge in [0.2, 0.25) is 0 Å². The molecule has 2 heterocycles. The van der Waals surface area contributed by atoms with Crippen molar-refractivity contribution < 1.29 is 9.59 Å². The molecule has 5 nitrogen and oxygen atoms in total. The number of thiocarbonyl (C=S) groups is 1. The third-order valence-corrected chi connectivity index (χ3v) is 3.99. The number of nitrogens with two attached hydrogens (primary N) is 1. The largest absolute Gasteiger partial charge is 0.389 e. The van der Waals surface area contributed by atoms with Crippen LogP contribution in [0.3, 0.4) is 0 Å². The summed E-state index contributed by atoms with van der Waals surface area (Å²) >= 11 is 8.25. The summed E-state index contributed by atoms with van der Waals surface area (Å²) in [6, 6.07) is 8.17. The first kappa shape index (κ1) is 13.8. The molecule has 104 valence electrons. The zero-order valence-electron chi connectivity index (χ0n) is 10.5. The molecule has 1 aromatic heterocycles. The standard InChI is InChI=1S/C14H8BrN3O2S/c15-9-6-7(12(16)21)3-4-10(9)18-13(19)8-2-1-5-17-11(8)14(18)20/h1-6H,(H2,16,21). The van der Waals surface area contributed by atoms with Crippen LogP contribution >= 0.6 is 28.1 Å². The Morgan fingerprint density at radius 2 is 2.00 bits per heavy atom.